The van der Waals surface area contributed by atoms with Gasteiger partial charge in [0.05, 0.1) is 5.69 Å². The summed E-state index contributed by atoms with van der Waals surface area (Å²) in [6.07, 6.45) is 2.81. The van der Waals surface area contributed by atoms with Crippen molar-refractivity contribution in [2.75, 3.05) is 6.54 Å². The first kappa shape index (κ1) is 9.45. The van der Waals surface area contributed by atoms with Gasteiger partial charge in [0.2, 0.25) is 0 Å². The van der Waals surface area contributed by atoms with Crippen LogP contribution < -0.4 is 5.73 Å². The highest BCUT2D eigenvalue weighted by molar-refractivity contribution is 6.30. The van der Waals surface area contributed by atoms with E-state index in [2.05, 4.69) is 4.98 Å². The zero-order valence-electron chi connectivity index (χ0n) is 7.39. The van der Waals surface area contributed by atoms with Gasteiger partial charge in [-0.05, 0) is 12.1 Å². The van der Waals surface area contributed by atoms with E-state index in [-0.39, 0.29) is 6.54 Å². The maximum Gasteiger partial charge on any atom is 0.138 e. The summed E-state index contributed by atoms with van der Waals surface area (Å²) in [5.74, 6) is 0. The van der Waals surface area contributed by atoms with Crippen LogP contribution in [0.1, 0.15) is 11.8 Å². The van der Waals surface area contributed by atoms with Crippen molar-refractivity contribution in [3.8, 4) is 0 Å². The molecular formula is C9H10ClN3O. The molecule has 0 spiro atoms. The molecule has 0 saturated carbocycles. The fourth-order valence-electron chi connectivity index (χ4n) is 1.26. The Labute approximate surface area is 85.9 Å². The highest BCUT2D eigenvalue weighted by atomic mass is 35.5. The van der Waals surface area contributed by atoms with Gasteiger partial charge in [-0.3, -0.25) is 0 Å². The van der Waals surface area contributed by atoms with Gasteiger partial charge in [-0.1, -0.05) is 11.6 Å². The molecule has 0 bridgehead atoms. The number of aliphatic hydroxyl groups is 1. The zero-order valence-corrected chi connectivity index (χ0v) is 8.15. The molecule has 1 unspecified atom stereocenters. The molecule has 2 heterocycles. The Morgan fingerprint density at radius 1 is 1.64 bits per heavy atom. The average Bonchev–Trinajstić information content (AvgIpc) is 2.59. The Kier molecular flexibility index (Phi) is 2.41. The molecule has 0 aliphatic carbocycles. The molecule has 0 radical (unpaired) electrons. The lowest BCUT2D eigenvalue weighted by Crippen LogP contribution is -2.11. The molecular weight excluding hydrogens is 202 g/mol. The van der Waals surface area contributed by atoms with Crippen molar-refractivity contribution < 1.29 is 5.11 Å². The lowest BCUT2D eigenvalue weighted by molar-refractivity contribution is 0.182. The van der Waals surface area contributed by atoms with Crippen LogP contribution >= 0.6 is 11.6 Å². The third kappa shape index (κ3) is 1.59. The Morgan fingerprint density at radius 3 is 3.14 bits per heavy atom. The van der Waals surface area contributed by atoms with Gasteiger partial charge in [0.1, 0.15) is 11.8 Å². The molecule has 4 nitrogen and oxygen atoms in total. The van der Waals surface area contributed by atoms with Gasteiger partial charge in [0.25, 0.3) is 0 Å². The van der Waals surface area contributed by atoms with Gasteiger partial charge in [0.15, 0.2) is 0 Å². The first-order valence-corrected chi connectivity index (χ1v) is 4.61. The van der Waals surface area contributed by atoms with Crippen LogP contribution in [0.4, 0.5) is 0 Å². The van der Waals surface area contributed by atoms with E-state index in [1.807, 2.05) is 0 Å². The van der Waals surface area contributed by atoms with Crippen LogP contribution in [-0.4, -0.2) is 21.0 Å². The number of nitrogens with two attached hydrogens (primary N) is 1. The Morgan fingerprint density at radius 2 is 2.43 bits per heavy atom. The van der Waals surface area contributed by atoms with E-state index in [0.717, 1.165) is 0 Å². The summed E-state index contributed by atoms with van der Waals surface area (Å²) in [5.41, 5.74) is 6.60. The van der Waals surface area contributed by atoms with Crippen LogP contribution in [0.25, 0.3) is 5.65 Å². The number of pyridine rings is 1. The maximum atomic E-state index is 9.47. The van der Waals surface area contributed by atoms with Crippen LogP contribution in [0.2, 0.25) is 5.02 Å². The molecule has 0 aromatic carbocycles. The molecule has 5 heteroatoms. The largest absolute Gasteiger partial charge is 0.385 e. The smallest absolute Gasteiger partial charge is 0.138 e. The topological polar surface area (TPSA) is 63.5 Å². The quantitative estimate of drug-likeness (QED) is 0.779. The fraction of sp³-hybridized carbons (Fsp3) is 0.222. The fourth-order valence-corrected chi connectivity index (χ4v) is 1.41. The zero-order chi connectivity index (χ0) is 10.1. The monoisotopic (exact) mass is 211 g/mol. The van der Waals surface area contributed by atoms with Gasteiger partial charge in [-0.25, -0.2) is 4.98 Å². The summed E-state index contributed by atoms with van der Waals surface area (Å²) in [4.78, 5) is 4.19. The Bertz CT molecular complexity index is 454. The summed E-state index contributed by atoms with van der Waals surface area (Å²) in [5, 5.41) is 10.1. The highest BCUT2D eigenvalue weighted by Crippen LogP contribution is 2.15. The van der Waals surface area contributed by atoms with Crippen molar-refractivity contribution >= 4 is 17.2 Å². The molecule has 3 N–H and O–H groups in total. The summed E-state index contributed by atoms with van der Waals surface area (Å²) in [6.45, 7) is 0.164. The predicted molar refractivity (Wildman–Crippen MR) is 54.2 cm³/mol. The molecule has 0 aliphatic heterocycles. The minimum Gasteiger partial charge on any atom is -0.385 e. The summed E-state index contributed by atoms with van der Waals surface area (Å²) in [7, 11) is 0. The first-order chi connectivity index (χ1) is 6.70. The van der Waals surface area contributed by atoms with Crippen molar-refractivity contribution in [1.82, 2.24) is 9.38 Å². The van der Waals surface area contributed by atoms with Gasteiger partial charge in [-0.2, -0.15) is 0 Å². The van der Waals surface area contributed by atoms with Crippen molar-refractivity contribution in [1.29, 1.82) is 0 Å². The lowest BCUT2D eigenvalue weighted by Gasteiger charge is -2.00. The molecule has 0 aliphatic rings. The molecule has 74 valence electrons. The van der Waals surface area contributed by atoms with Crippen LogP contribution in [-0.2, 0) is 0 Å². The standard InChI is InChI=1S/C9H10ClN3O/c10-6-1-2-13-5-7(8(14)4-11)12-9(13)3-6/h1-3,5,8,14H,4,11H2. The second-order valence-electron chi connectivity index (χ2n) is 3.03. The van der Waals surface area contributed by atoms with Crippen LogP contribution in [0.5, 0.6) is 0 Å². The Balaban J connectivity index is 2.51. The molecule has 1 atom stereocenters. The van der Waals surface area contributed by atoms with Crippen LogP contribution in [0, 0.1) is 0 Å². The third-order valence-electron chi connectivity index (χ3n) is 2.01. The second-order valence-corrected chi connectivity index (χ2v) is 3.46. The van der Waals surface area contributed by atoms with Gasteiger partial charge in [-0.15, -0.1) is 0 Å². The minimum atomic E-state index is -0.714. The molecule has 0 fully saturated rings. The average molecular weight is 212 g/mol. The van der Waals surface area contributed by atoms with Gasteiger partial charge in [0, 0.05) is 24.0 Å². The third-order valence-corrected chi connectivity index (χ3v) is 2.24. The normalized spacial score (nSPS) is 13.4. The Hall–Kier alpha value is -1.10. The van der Waals surface area contributed by atoms with Crippen molar-refractivity contribution in [3.63, 3.8) is 0 Å². The van der Waals surface area contributed by atoms with E-state index in [1.165, 1.54) is 0 Å². The van der Waals surface area contributed by atoms with E-state index < -0.39 is 6.10 Å². The number of nitrogens with zero attached hydrogens (tertiary/aromatic N) is 2. The number of hydrogen-bond donors (Lipinski definition) is 2. The summed E-state index contributed by atoms with van der Waals surface area (Å²) in [6, 6.07) is 3.49. The second kappa shape index (κ2) is 3.57. The number of hydrogen-bond acceptors (Lipinski definition) is 3. The number of halogens is 1. The number of aromatic nitrogens is 2. The molecule has 2 rings (SSSR count). The predicted octanol–water partition coefficient (Wildman–Crippen LogP) is 0.980. The number of aliphatic hydroxyl groups excluding tert-OH is 1. The SMILES string of the molecule is NCC(O)c1cn2ccc(Cl)cc2n1. The minimum absolute atomic E-state index is 0.164. The van der Waals surface area contributed by atoms with Gasteiger partial charge < -0.3 is 15.2 Å². The first-order valence-electron chi connectivity index (χ1n) is 4.23. The number of imidazole rings is 1. The summed E-state index contributed by atoms with van der Waals surface area (Å²) < 4.78 is 1.79. The van der Waals surface area contributed by atoms with Crippen molar-refractivity contribution in [2.45, 2.75) is 6.10 Å². The van der Waals surface area contributed by atoms with Crippen LogP contribution in [0.15, 0.2) is 24.5 Å². The maximum absolute atomic E-state index is 9.47. The van der Waals surface area contributed by atoms with Crippen molar-refractivity contribution in [2.24, 2.45) is 5.73 Å². The number of rotatable bonds is 2. The number of fused-ring (bicyclic) bond motifs is 1. The van der Waals surface area contributed by atoms with E-state index in [1.54, 1.807) is 28.9 Å². The molecule has 14 heavy (non-hydrogen) atoms. The van der Waals surface area contributed by atoms with E-state index in [4.69, 9.17) is 17.3 Å². The van der Waals surface area contributed by atoms with Gasteiger partial charge >= 0.3 is 0 Å². The van der Waals surface area contributed by atoms with E-state index >= 15 is 0 Å². The lowest BCUT2D eigenvalue weighted by atomic mass is 10.3. The van der Waals surface area contributed by atoms with Crippen molar-refractivity contribution in [3.05, 3.63) is 35.2 Å². The molecule has 2 aromatic heterocycles. The van der Waals surface area contributed by atoms with E-state index in [9.17, 15) is 5.11 Å². The summed E-state index contributed by atoms with van der Waals surface area (Å²) >= 11 is 5.80. The molecule has 0 amide bonds. The highest BCUT2D eigenvalue weighted by Gasteiger charge is 2.09. The molecule has 0 saturated heterocycles. The van der Waals surface area contributed by atoms with Crippen LogP contribution in [0.3, 0.4) is 0 Å². The van der Waals surface area contributed by atoms with E-state index in [0.29, 0.717) is 16.4 Å². The molecule has 2 aromatic rings.